The van der Waals surface area contributed by atoms with Crippen molar-refractivity contribution in [1.29, 1.82) is 0 Å². The molecule has 5 heteroatoms. The molecule has 0 unspecified atom stereocenters. The van der Waals surface area contributed by atoms with Crippen LogP contribution >= 0.6 is 11.8 Å². The Morgan fingerprint density at radius 1 is 1.21 bits per heavy atom. The molecular weight excluding hydrogens is 325 g/mol. The van der Waals surface area contributed by atoms with Crippen LogP contribution in [0.15, 0.2) is 47.4 Å². The van der Waals surface area contributed by atoms with E-state index in [4.69, 9.17) is 4.74 Å². The molecule has 2 rings (SSSR count). The van der Waals surface area contributed by atoms with Crippen LogP contribution in [-0.4, -0.2) is 24.8 Å². The number of benzene rings is 2. The van der Waals surface area contributed by atoms with Crippen LogP contribution in [0.25, 0.3) is 0 Å². The van der Waals surface area contributed by atoms with E-state index in [0.29, 0.717) is 17.7 Å². The third-order valence-corrected chi connectivity index (χ3v) is 4.39. The molecule has 0 saturated heterocycles. The van der Waals surface area contributed by atoms with Crippen LogP contribution < -0.4 is 10.1 Å². The first kappa shape index (κ1) is 18.3. The van der Waals surface area contributed by atoms with E-state index in [1.165, 1.54) is 12.1 Å². The normalized spacial score (nSPS) is 11.2. The van der Waals surface area contributed by atoms with Crippen molar-refractivity contribution in [2.24, 2.45) is 0 Å². The van der Waals surface area contributed by atoms with Crippen LogP contribution in [-0.2, 0) is 6.42 Å². The van der Waals surface area contributed by atoms with Gasteiger partial charge in [0, 0.05) is 10.4 Å². The van der Waals surface area contributed by atoms with Gasteiger partial charge in [0.2, 0.25) is 0 Å². The lowest BCUT2D eigenvalue weighted by Crippen LogP contribution is -2.45. The minimum atomic E-state index is -0.474. The molecule has 0 aliphatic rings. The molecule has 3 nitrogen and oxygen atoms in total. The van der Waals surface area contributed by atoms with Crippen LogP contribution in [0.5, 0.6) is 5.75 Å². The van der Waals surface area contributed by atoms with Gasteiger partial charge in [0.1, 0.15) is 11.6 Å². The third-order valence-electron chi connectivity index (χ3n) is 3.66. The van der Waals surface area contributed by atoms with Gasteiger partial charge in [0.25, 0.3) is 5.91 Å². The molecule has 0 radical (unpaired) electrons. The van der Waals surface area contributed by atoms with Crippen molar-refractivity contribution in [3.8, 4) is 5.75 Å². The molecule has 0 aliphatic carbocycles. The fraction of sp³-hybridized carbons (Fsp3) is 0.316. The van der Waals surface area contributed by atoms with Crippen molar-refractivity contribution in [1.82, 2.24) is 5.32 Å². The Kier molecular flexibility index (Phi) is 5.89. The molecule has 0 saturated carbocycles. The first-order chi connectivity index (χ1) is 11.3. The highest BCUT2D eigenvalue weighted by Gasteiger charge is 2.23. The molecule has 0 aromatic heterocycles. The molecule has 24 heavy (non-hydrogen) atoms. The molecule has 2 aromatic rings. The standard InChI is InChI=1S/C19H22FNO2S/c1-19(2,12-13-5-7-14(20)8-6-13)21-18(22)16-10-9-15(24-4)11-17(16)23-3/h5-11H,12H2,1-4H3,(H,21,22). The van der Waals surface area contributed by atoms with Crippen molar-refractivity contribution in [2.75, 3.05) is 13.4 Å². The van der Waals surface area contributed by atoms with Crippen LogP contribution in [0, 0.1) is 5.82 Å². The highest BCUT2D eigenvalue weighted by atomic mass is 32.2. The second-order valence-corrected chi connectivity index (χ2v) is 7.09. The van der Waals surface area contributed by atoms with Gasteiger partial charge in [-0.1, -0.05) is 12.1 Å². The fourth-order valence-electron chi connectivity index (χ4n) is 2.52. The number of halogens is 1. The maximum Gasteiger partial charge on any atom is 0.255 e. The van der Waals surface area contributed by atoms with Gasteiger partial charge in [0.05, 0.1) is 12.7 Å². The summed E-state index contributed by atoms with van der Waals surface area (Å²) in [6, 6.07) is 11.8. The zero-order valence-corrected chi connectivity index (χ0v) is 15.2. The predicted molar refractivity (Wildman–Crippen MR) is 96.4 cm³/mol. The number of amides is 1. The lowest BCUT2D eigenvalue weighted by Gasteiger charge is -2.27. The molecule has 0 aliphatic heterocycles. The summed E-state index contributed by atoms with van der Waals surface area (Å²) in [5.74, 6) is 0.0998. The number of carbonyl (C=O) groups is 1. The Balaban J connectivity index is 2.14. The maximum absolute atomic E-state index is 13.0. The average molecular weight is 347 g/mol. The van der Waals surface area contributed by atoms with Gasteiger partial charge in [-0.15, -0.1) is 11.8 Å². The van der Waals surface area contributed by atoms with E-state index >= 15 is 0 Å². The van der Waals surface area contributed by atoms with E-state index in [2.05, 4.69) is 5.32 Å². The second kappa shape index (κ2) is 7.71. The zero-order chi connectivity index (χ0) is 17.7. The zero-order valence-electron chi connectivity index (χ0n) is 14.4. The van der Waals surface area contributed by atoms with Gasteiger partial charge in [-0.2, -0.15) is 0 Å². The number of thioether (sulfide) groups is 1. The summed E-state index contributed by atoms with van der Waals surface area (Å²) in [5.41, 5.74) is 0.992. The lowest BCUT2D eigenvalue weighted by molar-refractivity contribution is 0.0910. The van der Waals surface area contributed by atoms with Gasteiger partial charge in [-0.25, -0.2) is 4.39 Å². The van der Waals surface area contributed by atoms with E-state index in [1.54, 1.807) is 37.1 Å². The monoisotopic (exact) mass is 347 g/mol. The van der Waals surface area contributed by atoms with Gasteiger partial charge < -0.3 is 10.1 Å². The van der Waals surface area contributed by atoms with Gasteiger partial charge in [-0.05, 0) is 62.4 Å². The number of methoxy groups -OCH3 is 1. The van der Waals surface area contributed by atoms with Crippen molar-refractivity contribution in [3.63, 3.8) is 0 Å². The Bertz CT molecular complexity index is 714. The molecule has 128 valence electrons. The van der Waals surface area contributed by atoms with Crippen molar-refractivity contribution < 1.29 is 13.9 Å². The molecule has 0 spiro atoms. The summed E-state index contributed by atoms with van der Waals surface area (Å²) in [7, 11) is 1.56. The number of rotatable bonds is 6. The third kappa shape index (κ3) is 4.74. The van der Waals surface area contributed by atoms with Gasteiger partial charge in [-0.3, -0.25) is 4.79 Å². The van der Waals surface area contributed by atoms with E-state index in [0.717, 1.165) is 10.5 Å². The average Bonchev–Trinajstić information content (AvgIpc) is 2.55. The molecule has 0 heterocycles. The summed E-state index contributed by atoms with van der Waals surface area (Å²) in [5, 5.41) is 3.03. The first-order valence-electron chi connectivity index (χ1n) is 7.63. The fourth-order valence-corrected chi connectivity index (χ4v) is 2.95. The van der Waals surface area contributed by atoms with Crippen molar-refractivity contribution >= 4 is 17.7 Å². The summed E-state index contributed by atoms with van der Waals surface area (Å²) in [4.78, 5) is 13.7. The quantitative estimate of drug-likeness (QED) is 0.792. The molecular formula is C19H22FNO2S. The number of nitrogens with one attached hydrogen (secondary N) is 1. The molecule has 1 N–H and O–H groups in total. The maximum atomic E-state index is 13.0. The number of ether oxygens (including phenoxy) is 1. The summed E-state index contributed by atoms with van der Waals surface area (Å²) >= 11 is 1.59. The minimum Gasteiger partial charge on any atom is -0.496 e. The number of hydrogen-bond acceptors (Lipinski definition) is 3. The Morgan fingerprint density at radius 3 is 2.46 bits per heavy atom. The van der Waals surface area contributed by atoms with Crippen molar-refractivity contribution in [3.05, 3.63) is 59.4 Å². The summed E-state index contributed by atoms with van der Waals surface area (Å²) in [6.07, 6.45) is 2.57. The molecule has 1 amide bonds. The van der Waals surface area contributed by atoms with E-state index in [1.807, 2.05) is 32.2 Å². The molecule has 2 aromatic carbocycles. The highest BCUT2D eigenvalue weighted by molar-refractivity contribution is 7.98. The molecule has 0 fully saturated rings. The van der Waals surface area contributed by atoms with E-state index in [9.17, 15) is 9.18 Å². The van der Waals surface area contributed by atoms with E-state index in [-0.39, 0.29) is 11.7 Å². The van der Waals surface area contributed by atoms with Crippen molar-refractivity contribution in [2.45, 2.75) is 30.7 Å². The van der Waals surface area contributed by atoms with Crippen LogP contribution in [0.2, 0.25) is 0 Å². The van der Waals surface area contributed by atoms with Gasteiger partial charge >= 0.3 is 0 Å². The second-order valence-electron chi connectivity index (χ2n) is 6.21. The molecule has 0 bridgehead atoms. The molecule has 0 atom stereocenters. The SMILES string of the molecule is COc1cc(SC)ccc1C(=O)NC(C)(C)Cc1ccc(F)cc1. The number of carbonyl (C=O) groups excluding carboxylic acids is 1. The van der Waals surface area contributed by atoms with Crippen LogP contribution in [0.4, 0.5) is 4.39 Å². The number of hydrogen-bond donors (Lipinski definition) is 1. The largest absolute Gasteiger partial charge is 0.496 e. The first-order valence-corrected chi connectivity index (χ1v) is 8.86. The minimum absolute atomic E-state index is 0.188. The smallest absolute Gasteiger partial charge is 0.255 e. The Labute approximate surface area is 146 Å². The van der Waals surface area contributed by atoms with Gasteiger partial charge in [0.15, 0.2) is 0 Å². The summed E-state index contributed by atoms with van der Waals surface area (Å²) in [6.45, 7) is 3.88. The van der Waals surface area contributed by atoms with Crippen LogP contribution in [0.1, 0.15) is 29.8 Å². The highest BCUT2D eigenvalue weighted by Crippen LogP contribution is 2.26. The Hall–Kier alpha value is -2.01. The predicted octanol–water partition coefficient (Wildman–Crippen LogP) is 4.31. The lowest BCUT2D eigenvalue weighted by atomic mass is 9.94. The Morgan fingerprint density at radius 2 is 1.88 bits per heavy atom. The van der Waals surface area contributed by atoms with Crippen LogP contribution in [0.3, 0.4) is 0 Å². The topological polar surface area (TPSA) is 38.3 Å². The summed E-state index contributed by atoms with van der Waals surface area (Å²) < 4.78 is 18.3. The van der Waals surface area contributed by atoms with E-state index < -0.39 is 5.54 Å².